The summed E-state index contributed by atoms with van der Waals surface area (Å²) in [5, 5.41) is 13.8. The van der Waals surface area contributed by atoms with Crippen molar-refractivity contribution < 1.29 is 41.8 Å². The van der Waals surface area contributed by atoms with Crippen LogP contribution in [0.3, 0.4) is 0 Å². The number of benzene rings is 3. The lowest BCUT2D eigenvalue weighted by molar-refractivity contribution is -0.115. The Hall–Kier alpha value is -6.54. The van der Waals surface area contributed by atoms with E-state index in [0.29, 0.717) is 65.6 Å². The molecule has 9 heterocycles. The topological polar surface area (TPSA) is 194 Å². The summed E-state index contributed by atoms with van der Waals surface area (Å²) in [6.45, 7) is 17.8. The molecule has 5 N–H and O–H groups in total. The number of anilines is 3. The molecule has 24 heteroatoms. The van der Waals surface area contributed by atoms with E-state index < -0.39 is 11.2 Å². The molecule has 0 unspecified atom stereocenters. The number of hydrogen-bond acceptors (Lipinski definition) is 17. The van der Waals surface area contributed by atoms with Crippen molar-refractivity contribution in [2.45, 2.75) is 105 Å². The van der Waals surface area contributed by atoms with Gasteiger partial charge in [-0.1, -0.05) is 0 Å². The second-order valence-corrected chi connectivity index (χ2v) is 27.6. The van der Waals surface area contributed by atoms with Gasteiger partial charge in [-0.25, -0.2) is 37.7 Å². The molecule has 15 nitrogen and oxygen atoms in total. The maximum absolute atomic E-state index is 13.6. The third-order valence-electron chi connectivity index (χ3n) is 12.6. The zero-order valence-corrected chi connectivity index (χ0v) is 49.8. The zero-order valence-electron chi connectivity index (χ0n) is 44.9. The van der Waals surface area contributed by atoms with Gasteiger partial charge in [0.25, 0.3) is 0 Å². The normalized spacial score (nSPS) is 14.1. The molecule has 0 fully saturated rings. The summed E-state index contributed by atoms with van der Waals surface area (Å²) in [7, 11) is 0. The van der Waals surface area contributed by atoms with E-state index in [2.05, 4.69) is 30.9 Å². The Bertz CT molecular complexity index is 3880. The first-order valence-electron chi connectivity index (χ1n) is 25.5. The molecule has 0 radical (unpaired) electrons. The van der Waals surface area contributed by atoms with E-state index in [-0.39, 0.29) is 41.5 Å². The van der Waals surface area contributed by atoms with Crippen LogP contribution in [0.5, 0.6) is 0 Å². The monoisotopic (exact) mass is 1200 g/mol. The molecule has 80 heavy (non-hydrogen) atoms. The molecule has 6 aromatic heterocycles. The lowest BCUT2D eigenvalue weighted by Crippen LogP contribution is -2.39. The first-order chi connectivity index (χ1) is 37.9. The molecule has 0 spiro atoms. The van der Waals surface area contributed by atoms with Crippen LogP contribution < -0.4 is 21.7 Å². The van der Waals surface area contributed by atoms with Crippen molar-refractivity contribution in [2.24, 2.45) is 0 Å². The van der Waals surface area contributed by atoms with Crippen LogP contribution in [0.1, 0.15) is 86.7 Å². The molecule has 4 amide bonds. The molecule has 12 rings (SSSR count). The van der Waals surface area contributed by atoms with Gasteiger partial charge in [0.05, 0.1) is 48.7 Å². The molecule has 0 atom stereocenters. The first kappa shape index (κ1) is 56.7. The van der Waals surface area contributed by atoms with E-state index in [9.17, 15) is 32.3 Å². The van der Waals surface area contributed by atoms with Gasteiger partial charge in [-0.05, 0) is 120 Å². The van der Waals surface area contributed by atoms with Crippen molar-refractivity contribution in [1.29, 1.82) is 0 Å². The fourth-order valence-corrected chi connectivity index (χ4v) is 16.3. The van der Waals surface area contributed by atoms with Gasteiger partial charge in [-0.15, -0.1) is 68.0 Å². The predicted octanol–water partition coefficient (Wildman–Crippen LogP) is 14.2. The van der Waals surface area contributed by atoms with Crippen LogP contribution in [0.2, 0.25) is 0 Å². The Morgan fingerprint density at radius 1 is 0.562 bits per heavy atom. The highest BCUT2D eigenvalue weighted by molar-refractivity contribution is 7.24. The summed E-state index contributed by atoms with van der Waals surface area (Å²) in [5.74, 6) is -1.18. The highest BCUT2D eigenvalue weighted by Crippen LogP contribution is 2.48. The van der Waals surface area contributed by atoms with E-state index in [1.54, 1.807) is 39.3 Å². The van der Waals surface area contributed by atoms with Gasteiger partial charge in [-0.3, -0.25) is 9.59 Å². The summed E-state index contributed by atoms with van der Waals surface area (Å²) in [4.78, 5) is 68.7. The summed E-state index contributed by atoms with van der Waals surface area (Å²) >= 11 is 9.04. The Labute approximate surface area is 483 Å². The van der Waals surface area contributed by atoms with Crippen LogP contribution >= 0.6 is 68.0 Å². The number of nitrogens with one attached hydrogen (secondary N) is 3. The number of hydrogen-bond donors (Lipinski definition) is 4. The number of carbonyl (C=O) groups excluding carboxylic acids is 4. The third-order valence-corrected chi connectivity index (χ3v) is 19.1. The lowest BCUT2D eigenvalue weighted by Gasteiger charge is -2.30. The smallest absolute Gasteiger partial charge is 0.410 e. The molecular formula is C56H56F3N9O6S6. The van der Waals surface area contributed by atoms with Crippen LogP contribution in [0.15, 0.2) is 54.6 Å². The number of halogens is 3. The number of nitrogens with two attached hydrogens (primary N) is 1. The molecule has 3 aliphatic rings. The predicted molar refractivity (Wildman–Crippen MR) is 318 cm³/mol. The van der Waals surface area contributed by atoms with Gasteiger partial charge >= 0.3 is 12.2 Å². The average molecular weight is 1200 g/mol. The van der Waals surface area contributed by atoms with E-state index in [1.807, 2.05) is 41.5 Å². The maximum atomic E-state index is 13.6. The number of rotatable bonds is 5. The number of fused-ring (bicyclic) bond motifs is 6. The Balaban J connectivity index is 0.000000136. The van der Waals surface area contributed by atoms with Crippen molar-refractivity contribution in [3.05, 3.63) is 103 Å². The lowest BCUT2D eigenvalue weighted by atomic mass is 10.0. The Kier molecular flexibility index (Phi) is 16.1. The minimum atomic E-state index is -0.560. The molecule has 0 saturated carbocycles. The summed E-state index contributed by atoms with van der Waals surface area (Å²) < 4.78 is 54.2. The minimum absolute atomic E-state index is 0.0926. The van der Waals surface area contributed by atoms with E-state index in [0.717, 1.165) is 91.2 Å². The van der Waals surface area contributed by atoms with Gasteiger partial charge in [0, 0.05) is 83.0 Å². The number of nitrogens with zero attached hydrogens (tertiary/aromatic N) is 5. The van der Waals surface area contributed by atoms with Gasteiger partial charge < -0.3 is 41.0 Å². The van der Waals surface area contributed by atoms with Crippen molar-refractivity contribution in [1.82, 2.24) is 30.1 Å². The number of thiazole rings is 3. The van der Waals surface area contributed by atoms with Crippen LogP contribution in [-0.4, -0.2) is 79.6 Å². The van der Waals surface area contributed by atoms with Gasteiger partial charge in [0.2, 0.25) is 11.8 Å². The van der Waals surface area contributed by atoms with Crippen LogP contribution in [0.25, 0.3) is 62.4 Å². The van der Waals surface area contributed by atoms with Crippen molar-refractivity contribution in [3.8, 4) is 31.7 Å². The fraction of sp³-hybridized carbons (Fsp3) is 0.339. The molecule has 3 aromatic carbocycles. The number of amides is 4. The minimum Gasteiger partial charge on any atom is -0.444 e. The molecule has 3 aliphatic heterocycles. The van der Waals surface area contributed by atoms with Gasteiger partial charge in [-0.2, -0.15) is 0 Å². The standard InChI is InChI=1S/C21H22FN3O3S2.C19H20FN3O2S2.C16H14FN3OS2/c1-11(26)23-18-17(19-24-14-9-12(22)5-6-15(14)29-19)13-7-8-25(10-16(13)30-18)20(27)28-21(2,3)4;1-19(2,3)25-18(24)23-7-6-11-14(9-23)26-16(21)15(11)17-22-12-8-10(20)4-5-13(12)27-17;1-8(21)19-15-14(10-4-5-18-7-13(10)23-15)16-20-11-6-9(17)2-3-12(11)22-16/h5-6,9H,7-8,10H2,1-4H3,(H,23,26);4-5,8H,6-7,9,21H2,1-3H3;2-3,6,18H,4-5,7H2,1H3,(H,19,21). The van der Waals surface area contributed by atoms with Crippen molar-refractivity contribution in [2.75, 3.05) is 36.0 Å². The SMILES string of the molecule is CC(=O)Nc1sc2c(c1-c1nc3cc(F)ccc3s1)CCN(C(=O)OC(C)(C)C)C2.CC(=O)Nc1sc2c(c1-c1nc3cc(F)ccc3s1)CCNC2.CC(C)(C)OC(=O)N1CCc2c(sc(N)c2-c2nc3cc(F)ccc3s2)C1. The molecular weight excluding hydrogens is 1140 g/mol. The number of ether oxygens (including phenoxy) is 2. The zero-order chi connectivity index (χ0) is 56.9. The second-order valence-electron chi connectivity index (χ2n) is 21.1. The summed E-state index contributed by atoms with van der Waals surface area (Å²) in [5.41, 5.74) is 13.4. The Morgan fingerprint density at radius 3 is 1.38 bits per heavy atom. The third kappa shape index (κ3) is 12.7. The highest BCUT2D eigenvalue weighted by Gasteiger charge is 2.33. The highest BCUT2D eigenvalue weighted by atomic mass is 32.1. The molecule has 0 aliphatic carbocycles. The maximum Gasteiger partial charge on any atom is 0.410 e. The number of aromatic nitrogens is 3. The average Bonchev–Trinajstić information content (AvgIpc) is 4.35. The van der Waals surface area contributed by atoms with Crippen molar-refractivity contribution >= 4 is 138 Å². The first-order valence-corrected chi connectivity index (χ1v) is 30.4. The molecule has 0 saturated heterocycles. The number of carbonyl (C=O) groups is 4. The summed E-state index contributed by atoms with van der Waals surface area (Å²) in [6, 6.07) is 13.8. The Morgan fingerprint density at radius 2 is 0.950 bits per heavy atom. The summed E-state index contributed by atoms with van der Waals surface area (Å²) in [6.07, 6.45) is 1.58. The van der Waals surface area contributed by atoms with Gasteiger partial charge in [0.15, 0.2) is 0 Å². The number of thiophene rings is 3. The van der Waals surface area contributed by atoms with E-state index >= 15 is 0 Å². The molecule has 0 bridgehead atoms. The van der Waals surface area contributed by atoms with Gasteiger partial charge in [0.1, 0.15) is 53.7 Å². The van der Waals surface area contributed by atoms with E-state index in [4.69, 9.17) is 15.2 Å². The van der Waals surface area contributed by atoms with Crippen molar-refractivity contribution in [3.63, 3.8) is 0 Å². The van der Waals surface area contributed by atoms with Crippen LogP contribution in [0, 0.1) is 17.5 Å². The second kappa shape index (κ2) is 22.8. The van der Waals surface area contributed by atoms with E-state index in [1.165, 1.54) is 117 Å². The number of nitrogen functional groups attached to an aromatic ring is 1. The largest absolute Gasteiger partial charge is 0.444 e. The quantitative estimate of drug-likeness (QED) is 0.128. The van der Waals surface area contributed by atoms with Crippen LogP contribution in [0.4, 0.5) is 37.8 Å². The fourth-order valence-electron chi connectivity index (χ4n) is 9.33. The molecule has 418 valence electrons. The van der Waals surface area contributed by atoms with Crippen LogP contribution in [-0.2, 0) is 58.0 Å². The molecule has 9 aromatic rings.